The van der Waals surface area contributed by atoms with Crippen molar-refractivity contribution >= 4 is 23.4 Å². The number of hydrogen-bond donors (Lipinski definition) is 1. The van der Waals surface area contributed by atoms with Gasteiger partial charge in [-0.3, -0.25) is 0 Å². The number of nitrogens with two attached hydrogens (primary N) is 1. The standard InChI is InChI=1S/C15H11ClF3NOS/c16-7-3-8(17)5-9(4-7)21-11-1-2-12-13(10(20)6-22-12)14(11)15(18)19/h1-5,10,15H,6,20H2. The number of hydrogen-bond acceptors (Lipinski definition) is 3. The first kappa shape index (κ1) is 15.5. The molecular formula is C15H11ClF3NOS. The topological polar surface area (TPSA) is 35.2 Å². The molecule has 0 saturated carbocycles. The van der Waals surface area contributed by atoms with Gasteiger partial charge in [-0.2, -0.15) is 0 Å². The maximum absolute atomic E-state index is 13.5. The first-order valence-corrected chi connectivity index (χ1v) is 7.79. The minimum atomic E-state index is -2.74. The summed E-state index contributed by atoms with van der Waals surface area (Å²) in [6.45, 7) is 0. The molecule has 1 unspecified atom stereocenters. The molecule has 1 atom stereocenters. The molecule has 0 aliphatic carbocycles. The summed E-state index contributed by atoms with van der Waals surface area (Å²) in [5.74, 6) is -0.0291. The average Bonchev–Trinajstić information content (AvgIpc) is 2.79. The summed E-state index contributed by atoms with van der Waals surface area (Å²) in [4.78, 5) is 0.729. The summed E-state index contributed by atoms with van der Waals surface area (Å²) in [7, 11) is 0. The van der Waals surface area contributed by atoms with Gasteiger partial charge in [-0.15, -0.1) is 11.8 Å². The lowest BCUT2D eigenvalue weighted by Gasteiger charge is -2.16. The number of halogens is 4. The quantitative estimate of drug-likeness (QED) is 0.818. The number of ether oxygens (including phenoxy) is 1. The van der Waals surface area contributed by atoms with Gasteiger partial charge in [0.05, 0.1) is 5.56 Å². The lowest BCUT2D eigenvalue weighted by atomic mass is 10.0. The molecule has 2 aromatic carbocycles. The van der Waals surface area contributed by atoms with Crippen LogP contribution in [0.4, 0.5) is 13.2 Å². The Morgan fingerprint density at radius 3 is 2.73 bits per heavy atom. The smallest absolute Gasteiger partial charge is 0.267 e. The van der Waals surface area contributed by atoms with E-state index in [0.29, 0.717) is 11.3 Å². The monoisotopic (exact) mass is 345 g/mol. The molecule has 0 fully saturated rings. The first-order valence-electron chi connectivity index (χ1n) is 6.43. The lowest BCUT2D eigenvalue weighted by molar-refractivity contribution is 0.146. The van der Waals surface area contributed by atoms with E-state index in [-0.39, 0.29) is 22.1 Å². The van der Waals surface area contributed by atoms with Gasteiger partial charge < -0.3 is 10.5 Å². The van der Waals surface area contributed by atoms with E-state index < -0.39 is 18.3 Å². The van der Waals surface area contributed by atoms with Crippen LogP contribution in [0, 0.1) is 5.82 Å². The highest BCUT2D eigenvalue weighted by molar-refractivity contribution is 7.99. The molecule has 116 valence electrons. The first-order chi connectivity index (χ1) is 10.5. The highest BCUT2D eigenvalue weighted by Crippen LogP contribution is 2.46. The molecule has 1 heterocycles. The van der Waals surface area contributed by atoms with E-state index in [9.17, 15) is 13.2 Å². The zero-order valence-corrected chi connectivity index (χ0v) is 12.7. The Morgan fingerprint density at radius 2 is 2.05 bits per heavy atom. The van der Waals surface area contributed by atoms with Gasteiger partial charge in [-0.1, -0.05) is 11.6 Å². The predicted octanol–water partition coefficient (Wildman–Crippen LogP) is 5.31. The Bertz CT molecular complexity index is 706. The fraction of sp³-hybridized carbons (Fsp3) is 0.200. The highest BCUT2D eigenvalue weighted by atomic mass is 35.5. The highest BCUT2D eigenvalue weighted by Gasteiger charge is 2.30. The van der Waals surface area contributed by atoms with E-state index in [1.54, 1.807) is 6.07 Å². The zero-order chi connectivity index (χ0) is 15.9. The largest absolute Gasteiger partial charge is 0.457 e. The molecule has 0 radical (unpaired) electrons. The summed E-state index contributed by atoms with van der Waals surface area (Å²) < 4.78 is 45.7. The molecule has 2 N–H and O–H groups in total. The second-order valence-corrected chi connectivity index (χ2v) is 6.31. The van der Waals surface area contributed by atoms with Crippen LogP contribution in [0.15, 0.2) is 35.2 Å². The van der Waals surface area contributed by atoms with Crippen molar-refractivity contribution in [3.8, 4) is 11.5 Å². The number of benzene rings is 2. The van der Waals surface area contributed by atoms with Gasteiger partial charge in [-0.05, 0) is 29.8 Å². The third kappa shape index (κ3) is 2.91. The van der Waals surface area contributed by atoms with Gasteiger partial charge in [0.2, 0.25) is 0 Å². The zero-order valence-electron chi connectivity index (χ0n) is 11.2. The summed E-state index contributed by atoms with van der Waals surface area (Å²) >= 11 is 7.18. The fourth-order valence-electron chi connectivity index (χ4n) is 2.40. The summed E-state index contributed by atoms with van der Waals surface area (Å²) in [6.07, 6.45) is -2.74. The molecule has 0 amide bonds. The maximum Gasteiger partial charge on any atom is 0.267 e. The summed E-state index contributed by atoms with van der Waals surface area (Å²) in [5, 5.41) is 0.127. The lowest BCUT2D eigenvalue weighted by Crippen LogP contribution is -2.12. The Balaban J connectivity index is 2.06. The van der Waals surface area contributed by atoms with Crippen LogP contribution in [-0.2, 0) is 0 Å². The fourth-order valence-corrected chi connectivity index (χ4v) is 3.71. The third-order valence-electron chi connectivity index (χ3n) is 3.28. The maximum atomic E-state index is 13.5. The van der Waals surface area contributed by atoms with E-state index in [0.717, 1.165) is 17.0 Å². The summed E-state index contributed by atoms with van der Waals surface area (Å²) in [6, 6.07) is 6.23. The third-order valence-corrected chi connectivity index (χ3v) is 4.69. The number of rotatable bonds is 3. The molecule has 0 aromatic heterocycles. The molecule has 0 bridgehead atoms. The van der Waals surface area contributed by atoms with Crippen LogP contribution in [0.5, 0.6) is 11.5 Å². The number of fused-ring (bicyclic) bond motifs is 1. The van der Waals surface area contributed by atoms with Gasteiger partial charge in [0.15, 0.2) is 0 Å². The van der Waals surface area contributed by atoms with Crippen LogP contribution >= 0.6 is 23.4 Å². The van der Waals surface area contributed by atoms with Gasteiger partial charge in [0, 0.05) is 27.8 Å². The second-order valence-electron chi connectivity index (χ2n) is 4.81. The Hall–Kier alpha value is -1.37. The minimum absolute atomic E-state index is 0.0339. The Kier molecular flexibility index (Phi) is 4.25. The molecule has 0 spiro atoms. The van der Waals surface area contributed by atoms with E-state index >= 15 is 0 Å². The average molecular weight is 346 g/mol. The molecule has 1 aliphatic rings. The van der Waals surface area contributed by atoms with E-state index in [2.05, 4.69) is 0 Å². The van der Waals surface area contributed by atoms with E-state index in [1.807, 2.05) is 0 Å². The van der Waals surface area contributed by atoms with Gasteiger partial charge in [-0.25, -0.2) is 13.2 Å². The molecular weight excluding hydrogens is 335 g/mol. The number of thioether (sulfide) groups is 1. The molecule has 0 saturated heterocycles. The Morgan fingerprint density at radius 1 is 1.27 bits per heavy atom. The summed E-state index contributed by atoms with van der Waals surface area (Å²) in [5.41, 5.74) is 6.07. The normalized spacial score (nSPS) is 16.9. The SMILES string of the molecule is NC1CSc2ccc(Oc3cc(F)cc(Cl)c3)c(C(F)F)c21. The van der Waals surface area contributed by atoms with Crippen molar-refractivity contribution in [3.63, 3.8) is 0 Å². The second kappa shape index (κ2) is 6.02. The molecule has 3 rings (SSSR count). The minimum Gasteiger partial charge on any atom is -0.457 e. The van der Waals surface area contributed by atoms with Crippen molar-refractivity contribution in [2.24, 2.45) is 5.73 Å². The van der Waals surface area contributed by atoms with Gasteiger partial charge in [0.25, 0.3) is 6.43 Å². The van der Waals surface area contributed by atoms with Crippen LogP contribution in [0.3, 0.4) is 0 Å². The molecule has 7 heteroatoms. The molecule has 2 nitrogen and oxygen atoms in total. The van der Waals surface area contributed by atoms with Crippen LogP contribution < -0.4 is 10.5 Å². The van der Waals surface area contributed by atoms with Crippen molar-refractivity contribution < 1.29 is 17.9 Å². The van der Waals surface area contributed by atoms with Gasteiger partial charge >= 0.3 is 0 Å². The van der Waals surface area contributed by atoms with E-state index in [1.165, 1.54) is 23.9 Å². The van der Waals surface area contributed by atoms with Crippen LogP contribution in [-0.4, -0.2) is 5.75 Å². The van der Waals surface area contributed by atoms with Crippen molar-refractivity contribution in [1.29, 1.82) is 0 Å². The van der Waals surface area contributed by atoms with Gasteiger partial charge in [0.1, 0.15) is 17.3 Å². The predicted molar refractivity (Wildman–Crippen MR) is 80.5 cm³/mol. The van der Waals surface area contributed by atoms with Crippen LogP contribution in [0.25, 0.3) is 0 Å². The van der Waals surface area contributed by atoms with Crippen LogP contribution in [0.2, 0.25) is 5.02 Å². The van der Waals surface area contributed by atoms with Crippen molar-refractivity contribution in [2.75, 3.05) is 5.75 Å². The molecule has 1 aliphatic heterocycles. The van der Waals surface area contributed by atoms with Crippen LogP contribution in [0.1, 0.15) is 23.6 Å². The number of alkyl halides is 2. The van der Waals surface area contributed by atoms with Crippen molar-refractivity contribution in [1.82, 2.24) is 0 Å². The molecule has 22 heavy (non-hydrogen) atoms. The van der Waals surface area contributed by atoms with E-state index in [4.69, 9.17) is 22.1 Å². The molecule has 2 aromatic rings. The van der Waals surface area contributed by atoms with Crippen molar-refractivity contribution in [2.45, 2.75) is 17.4 Å². The van der Waals surface area contributed by atoms with Crippen molar-refractivity contribution in [3.05, 3.63) is 52.3 Å². The Labute approximate surface area is 134 Å².